The summed E-state index contributed by atoms with van der Waals surface area (Å²) in [6.07, 6.45) is 5.96. The van der Waals surface area contributed by atoms with Crippen LogP contribution in [0.25, 0.3) is 6.08 Å². The normalized spacial score (nSPS) is 10.3. The van der Waals surface area contributed by atoms with Crippen LogP contribution in [0, 0.1) is 0 Å². The van der Waals surface area contributed by atoms with Gasteiger partial charge in [-0.15, -0.1) is 0 Å². The zero-order valence-electron chi connectivity index (χ0n) is 12.3. The van der Waals surface area contributed by atoms with Gasteiger partial charge in [0.1, 0.15) is 12.4 Å². The van der Waals surface area contributed by atoms with Crippen molar-refractivity contribution in [3.8, 4) is 5.75 Å². The first-order valence-corrected chi connectivity index (χ1v) is 6.84. The molecular formula is C17H16N2O4. The maximum atomic E-state index is 11.6. The van der Waals surface area contributed by atoms with Crippen LogP contribution in [-0.2, 0) is 4.79 Å². The van der Waals surface area contributed by atoms with Crippen molar-refractivity contribution in [1.82, 2.24) is 10.9 Å². The van der Waals surface area contributed by atoms with Gasteiger partial charge in [0.05, 0.1) is 6.26 Å². The van der Waals surface area contributed by atoms with E-state index in [9.17, 15) is 9.59 Å². The number of benzene rings is 1. The minimum Gasteiger partial charge on any atom is -0.490 e. The number of hydrazine groups is 1. The molecule has 0 saturated carbocycles. The summed E-state index contributed by atoms with van der Waals surface area (Å²) in [6, 6.07) is 10.3. The Bertz CT molecular complexity index is 688. The van der Waals surface area contributed by atoms with Crippen LogP contribution in [0.5, 0.6) is 5.75 Å². The van der Waals surface area contributed by atoms with Crippen LogP contribution in [0.15, 0.2) is 65.8 Å². The molecule has 0 saturated heterocycles. The topological polar surface area (TPSA) is 80.6 Å². The molecule has 2 rings (SSSR count). The number of nitrogens with one attached hydrogen (secondary N) is 2. The van der Waals surface area contributed by atoms with Gasteiger partial charge in [-0.2, -0.15) is 0 Å². The van der Waals surface area contributed by atoms with Crippen molar-refractivity contribution in [2.24, 2.45) is 0 Å². The Morgan fingerprint density at radius 3 is 2.61 bits per heavy atom. The fourth-order valence-corrected chi connectivity index (χ4v) is 1.63. The summed E-state index contributed by atoms with van der Waals surface area (Å²) in [5.41, 5.74) is 5.32. The Morgan fingerprint density at radius 1 is 1.17 bits per heavy atom. The first-order chi connectivity index (χ1) is 11.2. The molecule has 1 aromatic heterocycles. The highest BCUT2D eigenvalue weighted by molar-refractivity contribution is 5.96. The molecule has 0 bridgehead atoms. The quantitative estimate of drug-likeness (QED) is 0.487. The molecule has 0 atom stereocenters. The summed E-state index contributed by atoms with van der Waals surface area (Å²) in [5.74, 6) is -0.154. The fraction of sp³-hybridized carbons (Fsp3) is 0.0588. The van der Waals surface area contributed by atoms with Crippen LogP contribution in [0.1, 0.15) is 16.1 Å². The molecule has 2 amide bonds. The molecule has 2 N–H and O–H groups in total. The predicted molar refractivity (Wildman–Crippen MR) is 85.5 cm³/mol. The first kappa shape index (κ1) is 16.1. The van der Waals surface area contributed by atoms with Crippen LogP contribution in [-0.4, -0.2) is 18.4 Å². The lowest BCUT2D eigenvalue weighted by molar-refractivity contribution is -0.117. The number of hydrogen-bond acceptors (Lipinski definition) is 4. The average molecular weight is 312 g/mol. The molecule has 6 nitrogen and oxygen atoms in total. The number of ether oxygens (including phenoxy) is 1. The van der Waals surface area contributed by atoms with Gasteiger partial charge in [-0.05, 0) is 35.9 Å². The van der Waals surface area contributed by atoms with Gasteiger partial charge < -0.3 is 9.15 Å². The third-order valence-corrected chi connectivity index (χ3v) is 2.72. The van der Waals surface area contributed by atoms with Gasteiger partial charge in [-0.1, -0.05) is 24.8 Å². The van der Waals surface area contributed by atoms with Gasteiger partial charge in [-0.3, -0.25) is 20.4 Å². The van der Waals surface area contributed by atoms with Gasteiger partial charge in [-0.25, -0.2) is 0 Å². The van der Waals surface area contributed by atoms with E-state index in [0.717, 1.165) is 11.3 Å². The van der Waals surface area contributed by atoms with Crippen LogP contribution < -0.4 is 15.6 Å². The van der Waals surface area contributed by atoms with E-state index in [-0.39, 0.29) is 5.76 Å². The number of carbonyl (C=O) groups is 2. The third kappa shape index (κ3) is 5.20. The second-order valence-electron chi connectivity index (χ2n) is 4.42. The smallest absolute Gasteiger partial charge is 0.305 e. The van der Waals surface area contributed by atoms with Crippen LogP contribution in [0.2, 0.25) is 0 Å². The molecule has 0 radical (unpaired) electrons. The molecule has 1 aromatic carbocycles. The Morgan fingerprint density at radius 2 is 1.96 bits per heavy atom. The maximum Gasteiger partial charge on any atom is 0.305 e. The monoisotopic (exact) mass is 312 g/mol. The zero-order chi connectivity index (χ0) is 16.5. The Kier molecular flexibility index (Phi) is 5.76. The molecule has 0 fully saturated rings. The Balaban J connectivity index is 1.81. The highest BCUT2D eigenvalue weighted by Gasteiger charge is 2.07. The fourth-order valence-electron chi connectivity index (χ4n) is 1.63. The van der Waals surface area contributed by atoms with E-state index in [1.165, 1.54) is 18.4 Å². The van der Waals surface area contributed by atoms with Crippen molar-refractivity contribution in [3.63, 3.8) is 0 Å². The SMILES string of the molecule is C=CCOc1ccc(/C=C/C(=O)NNC(=O)c2ccco2)cc1. The molecule has 6 heteroatoms. The molecular weight excluding hydrogens is 296 g/mol. The summed E-state index contributed by atoms with van der Waals surface area (Å²) < 4.78 is 10.3. The second kappa shape index (κ2) is 8.23. The molecule has 0 unspecified atom stereocenters. The van der Waals surface area contributed by atoms with Crippen molar-refractivity contribution in [2.45, 2.75) is 0 Å². The number of hydrogen-bond donors (Lipinski definition) is 2. The summed E-state index contributed by atoms with van der Waals surface area (Å²) in [5, 5.41) is 0. The lowest BCUT2D eigenvalue weighted by Gasteiger charge is -2.03. The van der Waals surface area contributed by atoms with E-state index in [1.807, 2.05) is 12.1 Å². The molecule has 118 valence electrons. The Hall–Kier alpha value is -3.28. The van der Waals surface area contributed by atoms with E-state index >= 15 is 0 Å². The Labute approximate surface area is 133 Å². The van der Waals surface area contributed by atoms with Gasteiger partial charge in [0, 0.05) is 6.08 Å². The summed E-state index contributed by atoms with van der Waals surface area (Å²) in [4.78, 5) is 23.2. The molecule has 0 aliphatic rings. The van der Waals surface area contributed by atoms with Crippen molar-refractivity contribution < 1.29 is 18.7 Å². The van der Waals surface area contributed by atoms with Crippen LogP contribution >= 0.6 is 0 Å². The molecule has 0 aliphatic carbocycles. The van der Waals surface area contributed by atoms with Crippen LogP contribution in [0.4, 0.5) is 0 Å². The molecule has 0 aliphatic heterocycles. The zero-order valence-corrected chi connectivity index (χ0v) is 12.3. The third-order valence-electron chi connectivity index (χ3n) is 2.72. The van der Waals surface area contributed by atoms with Gasteiger partial charge >= 0.3 is 5.91 Å². The predicted octanol–water partition coefficient (Wildman–Crippen LogP) is 2.32. The molecule has 0 spiro atoms. The highest BCUT2D eigenvalue weighted by Crippen LogP contribution is 2.13. The van der Waals surface area contributed by atoms with Gasteiger partial charge in [0.2, 0.25) is 0 Å². The van der Waals surface area contributed by atoms with E-state index < -0.39 is 11.8 Å². The minimum absolute atomic E-state index is 0.115. The molecule has 1 heterocycles. The van der Waals surface area contributed by atoms with E-state index in [1.54, 1.807) is 30.4 Å². The summed E-state index contributed by atoms with van der Waals surface area (Å²) >= 11 is 0. The van der Waals surface area contributed by atoms with E-state index in [2.05, 4.69) is 17.4 Å². The highest BCUT2D eigenvalue weighted by atomic mass is 16.5. The lowest BCUT2D eigenvalue weighted by atomic mass is 10.2. The van der Waals surface area contributed by atoms with Crippen molar-refractivity contribution in [2.75, 3.05) is 6.61 Å². The molecule has 23 heavy (non-hydrogen) atoms. The maximum absolute atomic E-state index is 11.6. The largest absolute Gasteiger partial charge is 0.490 e. The van der Waals surface area contributed by atoms with E-state index in [0.29, 0.717) is 6.61 Å². The number of rotatable bonds is 6. The summed E-state index contributed by atoms with van der Waals surface area (Å²) in [7, 11) is 0. The van der Waals surface area contributed by atoms with Crippen LogP contribution in [0.3, 0.4) is 0 Å². The standard InChI is InChI=1S/C17H16N2O4/c1-2-11-22-14-8-5-13(6-9-14)7-10-16(20)18-19-17(21)15-4-3-12-23-15/h2-10,12H,1,11H2,(H,18,20)(H,19,21)/b10-7+. The molecule has 2 aromatic rings. The lowest BCUT2D eigenvalue weighted by Crippen LogP contribution is -2.40. The first-order valence-electron chi connectivity index (χ1n) is 6.84. The average Bonchev–Trinajstić information content (AvgIpc) is 3.11. The summed E-state index contributed by atoms with van der Waals surface area (Å²) in [6.45, 7) is 4.01. The number of furan rings is 1. The number of amides is 2. The second-order valence-corrected chi connectivity index (χ2v) is 4.42. The van der Waals surface area contributed by atoms with Crippen molar-refractivity contribution >= 4 is 17.9 Å². The van der Waals surface area contributed by atoms with Gasteiger partial charge in [0.15, 0.2) is 5.76 Å². The number of carbonyl (C=O) groups excluding carboxylic acids is 2. The van der Waals surface area contributed by atoms with Crippen molar-refractivity contribution in [1.29, 1.82) is 0 Å². The minimum atomic E-state index is -0.527. The van der Waals surface area contributed by atoms with E-state index in [4.69, 9.17) is 9.15 Å². The van der Waals surface area contributed by atoms with Crippen molar-refractivity contribution in [3.05, 3.63) is 72.7 Å². The van der Waals surface area contributed by atoms with Gasteiger partial charge in [0.25, 0.3) is 5.91 Å².